The molecule has 21 heavy (non-hydrogen) atoms. The average molecular weight is 290 g/mol. The molecule has 0 bridgehead atoms. The van der Waals surface area contributed by atoms with Gasteiger partial charge < -0.3 is 19.5 Å². The number of halogens is 1. The minimum absolute atomic E-state index is 0.0183. The molecule has 0 atom stereocenters. The highest BCUT2D eigenvalue weighted by Gasteiger charge is 2.18. The Hall–Kier alpha value is -2.05. The van der Waals surface area contributed by atoms with Crippen LogP contribution in [0.4, 0.5) is 4.39 Å². The maximum absolute atomic E-state index is 13.1. The van der Waals surface area contributed by atoms with E-state index in [9.17, 15) is 14.4 Å². The predicted molar refractivity (Wildman–Crippen MR) is 78.4 cm³/mol. The van der Waals surface area contributed by atoms with E-state index in [0.29, 0.717) is 13.0 Å². The second-order valence-electron chi connectivity index (χ2n) is 4.50. The Morgan fingerprint density at radius 3 is 2.43 bits per heavy atom. The minimum atomic E-state index is -1.77. The van der Waals surface area contributed by atoms with Crippen LogP contribution in [0.2, 0.25) is 0 Å². The zero-order valence-electron chi connectivity index (χ0n) is 11.6. The lowest BCUT2D eigenvalue weighted by Crippen LogP contribution is -2.32. The molecular weight excluding hydrogens is 274 g/mol. The van der Waals surface area contributed by atoms with Gasteiger partial charge in [-0.25, -0.2) is 4.39 Å². The summed E-state index contributed by atoms with van der Waals surface area (Å²) in [6, 6.07) is 11.2. The molecule has 0 saturated carbocycles. The summed E-state index contributed by atoms with van der Waals surface area (Å²) in [6.45, 7) is 0.345. The third-order valence-corrected chi connectivity index (χ3v) is 3.06. The Balaban J connectivity index is 1.96. The van der Waals surface area contributed by atoms with Gasteiger partial charge in [0.15, 0.2) is 0 Å². The molecule has 0 spiro atoms. The van der Waals surface area contributed by atoms with Gasteiger partial charge in [-0.05, 0) is 35.9 Å². The smallest absolute Gasteiger partial charge is 0.492 e. The molecular formula is C15H16BFO4. The second-order valence-corrected chi connectivity index (χ2v) is 4.50. The topological polar surface area (TPSA) is 58.9 Å². The van der Waals surface area contributed by atoms with E-state index in [2.05, 4.69) is 0 Å². The van der Waals surface area contributed by atoms with Crippen LogP contribution in [0.25, 0.3) is 0 Å². The van der Waals surface area contributed by atoms with Crippen molar-refractivity contribution in [3.8, 4) is 11.5 Å². The summed E-state index contributed by atoms with van der Waals surface area (Å²) in [5, 5.41) is 18.4. The van der Waals surface area contributed by atoms with E-state index in [-0.39, 0.29) is 11.2 Å². The third kappa shape index (κ3) is 4.21. The number of hydrogen-bond acceptors (Lipinski definition) is 4. The van der Waals surface area contributed by atoms with Crippen LogP contribution in [0.1, 0.15) is 5.56 Å². The zero-order chi connectivity index (χ0) is 15.2. The molecule has 0 saturated heterocycles. The molecule has 6 heteroatoms. The van der Waals surface area contributed by atoms with Gasteiger partial charge in [0.2, 0.25) is 0 Å². The largest absolute Gasteiger partial charge is 0.497 e. The highest BCUT2D eigenvalue weighted by Crippen LogP contribution is 2.13. The number of hydrogen-bond donors (Lipinski definition) is 2. The summed E-state index contributed by atoms with van der Waals surface area (Å²) in [5.74, 6) is 0.504. The minimum Gasteiger partial charge on any atom is -0.497 e. The molecule has 2 N–H and O–H groups in total. The molecule has 0 aliphatic carbocycles. The first kappa shape index (κ1) is 15.3. The summed E-state index contributed by atoms with van der Waals surface area (Å²) >= 11 is 0. The molecule has 0 radical (unpaired) electrons. The van der Waals surface area contributed by atoms with Gasteiger partial charge in [-0.2, -0.15) is 0 Å². The number of benzene rings is 2. The number of methoxy groups -OCH3 is 1. The summed E-state index contributed by atoms with van der Waals surface area (Å²) in [6.07, 6.45) is 0.641. The van der Waals surface area contributed by atoms with Crippen molar-refractivity contribution < 1.29 is 23.9 Å². The lowest BCUT2D eigenvalue weighted by atomic mass is 9.79. The maximum Gasteiger partial charge on any atom is 0.492 e. The van der Waals surface area contributed by atoms with Crippen LogP contribution in [0.3, 0.4) is 0 Å². The van der Waals surface area contributed by atoms with Crippen molar-refractivity contribution in [3.05, 3.63) is 53.8 Å². The van der Waals surface area contributed by atoms with Gasteiger partial charge in [-0.15, -0.1) is 0 Å². The lowest BCUT2D eigenvalue weighted by Gasteiger charge is -2.11. The van der Waals surface area contributed by atoms with Crippen LogP contribution in [-0.2, 0) is 6.42 Å². The van der Waals surface area contributed by atoms with Gasteiger partial charge in [0.05, 0.1) is 13.7 Å². The van der Waals surface area contributed by atoms with E-state index < -0.39 is 12.9 Å². The molecule has 0 unspecified atom stereocenters. The van der Waals surface area contributed by atoms with Crippen molar-refractivity contribution in [2.45, 2.75) is 6.42 Å². The van der Waals surface area contributed by atoms with E-state index in [1.807, 2.05) is 24.3 Å². The fourth-order valence-corrected chi connectivity index (χ4v) is 1.92. The Morgan fingerprint density at radius 2 is 1.81 bits per heavy atom. The number of ether oxygens (including phenoxy) is 2. The first-order chi connectivity index (χ1) is 10.1. The quantitative estimate of drug-likeness (QED) is 0.783. The molecule has 0 aromatic heterocycles. The predicted octanol–water partition coefficient (Wildman–Crippen LogP) is 1.14. The molecule has 0 aliphatic heterocycles. The van der Waals surface area contributed by atoms with E-state index in [1.54, 1.807) is 7.11 Å². The summed E-state index contributed by atoms with van der Waals surface area (Å²) in [5.41, 5.74) is 1.08. The van der Waals surface area contributed by atoms with Crippen molar-refractivity contribution in [1.29, 1.82) is 0 Å². The van der Waals surface area contributed by atoms with Crippen LogP contribution in [0.5, 0.6) is 11.5 Å². The normalized spacial score (nSPS) is 10.3. The Labute approximate surface area is 122 Å². The molecule has 4 nitrogen and oxygen atoms in total. The van der Waals surface area contributed by atoms with Gasteiger partial charge >= 0.3 is 7.12 Å². The summed E-state index contributed by atoms with van der Waals surface area (Å²) in [4.78, 5) is 0. The van der Waals surface area contributed by atoms with Crippen molar-refractivity contribution in [2.24, 2.45) is 0 Å². The van der Waals surface area contributed by atoms with Crippen LogP contribution >= 0.6 is 0 Å². The van der Waals surface area contributed by atoms with E-state index in [0.717, 1.165) is 17.4 Å². The fourth-order valence-electron chi connectivity index (χ4n) is 1.92. The Morgan fingerprint density at radius 1 is 1.10 bits per heavy atom. The third-order valence-electron chi connectivity index (χ3n) is 3.06. The van der Waals surface area contributed by atoms with Crippen molar-refractivity contribution in [3.63, 3.8) is 0 Å². The van der Waals surface area contributed by atoms with Gasteiger partial charge in [0, 0.05) is 11.9 Å². The number of rotatable bonds is 6. The molecule has 2 rings (SSSR count). The zero-order valence-corrected chi connectivity index (χ0v) is 11.6. The van der Waals surface area contributed by atoms with E-state index in [1.165, 1.54) is 12.1 Å². The molecule has 2 aromatic rings. The van der Waals surface area contributed by atoms with Gasteiger partial charge in [0.1, 0.15) is 17.3 Å². The second kappa shape index (κ2) is 7.10. The Kier molecular flexibility index (Phi) is 5.19. The highest BCUT2D eigenvalue weighted by molar-refractivity contribution is 6.59. The monoisotopic (exact) mass is 290 g/mol. The summed E-state index contributed by atoms with van der Waals surface area (Å²) in [7, 11) is -0.161. The first-order valence-corrected chi connectivity index (χ1v) is 6.51. The summed E-state index contributed by atoms with van der Waals surface area (Å²) < 4.78 is 23.6. The molecule has 0 aliphatic rings. The average Bonchev–Trinajstić information content (AvgIpc) is 2.49. The molecule has 2 aromatic carbocycles. The van der Waals surface area contributed by atoms with Crippen molar-refractivity contribution in [1.82, 2.24) is 0 Å². The van der Waals surface area contributed by atoms with Crippen molar-refractivity contribution in [2.75, 3.05) is 13.7 Å². The molecule has 110 valence electrons. The van der Waals surface area contributed by atoms with Gasteiger partial charge in [0.25, 0.3) is 0 Å². The van der Waals surface area contributed by atoms with E-state index in [4.69, 9.17) is 9.47 Å². The molecule has 0 heterocycles. The van der Waals surface area contributed by atoms with E-state index >= 15 is 0 Å². The van der Waals surface area contributed by atoms with Gasteiger partial charge in [-0.1, -0.05) is 12.1 Å². The van der Waals surface area contributed by atoms with Crippen molar-refractivity contribution >= 4 is 12.6 Å². The van der Waals surface area contributed by atoms with Crippen LogP contribution in [-0.4, -0.2) is 30.9 Å². The van der Waals surface area contributed by atoms with Gasteiger partial charge in [-0.3, -0.25) is 0 Å². The Bertz CT molecular complexity index is 587. The SMILES string of the molecule is COc1ccc(CCOc2ccc(F)cc2B(O)O)cc1. The lowest BCUT2D eigenvalue weighted by molar-refractivity contribution is 0.321. The highest BCUT2D eigenvalue weighted by atomic mass is 19.1. The van der Waals surface area contributed by atoms with Crippen LogP contribution in [0, 0.1) is 5.82 Å². The standard InChI is InChI=1S/C15H16BFO4/c1-20-13-5-2-11(3-6-13)8-9-21-15-7-4-12(17)10-14(15)16(18)19/h2-7,10,18-19H,8-9H2,1H3. The molecule has 0 amide bonds. The molecule has 0 fully saturated rings. The van der Waals surface area contributed by atoms with Crippen LogP contribution in [0.15, 0.2) is 42.5 Å². The maximum atomic E-state index is 13.1. The van der Waals surface area contributed by atoms with Crippen LogP contribution < -0.4 is 14.9 Å². The first-order valence-electron chi connectivity index (χ1n) is 6.51. The fraction of sp³-hybridized carbons (Fsp3) is 0.200.